The molecule has 0 aromatic carbocycles. The van der Waals surface area contributed by atoms with E-state index in [4.69, 9.17) is 87.3 Å². The largest absolute Gasteiger partial charge is 0.459 e. The fourth-order valence-corrected chi connectivity index (χ4v) is 17.7. The van der Waals surface area contributed by atoms with Gasteiger partial charge in [0, 0.05) is 76.3 Å². The Morgan fingerprint density at radius 3 is 2.08 bits per heavy atom. The number of aliphatic hydroxyl groups is 3. The van der Waals surface area contributed by atoms with Gasteiger partial charge in [-0.15, -0.1) is 0 Å². The highest BCUT2D eigenvalue weighted by atomic mass is 16.8. The van der Waals surface area contributed by atoms with Crippen molar-refractivity contribution < 1.29 is 95.9 Å². The van der Waals surface area contributed by atoms with Crippen molar-refractivity contribution >= 4 is 5.97 Å². The number of aliphatic hydroxyl groups excluding tert-OH is 2. The molecule has 31 atom stereocenters. The number of esters is 1. The fraction of sp³-hybridized carbons (Fsp3) is 0.912. The Morgan fingerprint density at radius 1 is 0.519 bits per heavy atom. The van der Waals surface area contributed by atoms with Crippen molar-refractivity contribution in [2.45, 2.75) is 316 Å². The summed E-state index contributed by atoms with van der Waals surface area (Å²) in [5.41, 5.74) is 15.6. The standard InChI is InChI=1S/C57H80N2O20/c1-24-11-28-7-9-55-23-57(63)53(79-55)52-51(78-57)50(77-55)49-34(71-52)6-4-27(66-49)13-47(62)70-41-16-38-39(68-37(41)14-35-25(2)29(58)12-26(65-35)3-5-32(24)64-28)17-43-45(69-38)20-56(74-43)21-46-33(73-56)8-10-54(76-46)19-30(59)48-44(75-54)18-40-42(72-48)15-36(67-40)31(61)22-60/h26-46,48-53,60-61,63H,1-23,58-59H2/t26-,27+,28-,29+,30-,31-,32-,33-,34-,35+,36-,37-,38?,39-,40+,41+,42+,43+,44-,45?,46-,48-,49-,50-,51-,52+,53?,54-,55+,56+,57?/m0/s1. The first-order valence-electron chi connectivity index (χ1n) is 30.1. The van der Waals surface area contributed by atoms with Crippen LogP contribution in [0.2, 0.25) is 0 Å². The van der Waals surface area contributed by atoms with Crippen LogP contribution in [0.25, 0.3) is 0 Å². The lowest BCUT2D eigenvalue weighted by molar-refractivity contribution is -0.355. The van der Waals surface area contributed by atoms with E-state index in [0.29, 0.717) is 116 Å². The molecule has 12 bridgehead atoms. The third-order valence-corrected chi connectivity index (χ3v) is 21.4. The highest BCUT2D eigenvalue weighted by molar-refractivity contribution is 5.70. The van der Waals surface area contributed by atoms with Gasteiger partial charge >= 0.3 is 5.97 Å². The number of rotatable bonds is 2. The number of nitrogens with two attached hydrogens (primary N) is 2. The molecule has 79 heavy (non-hydrogen) atoms. The molecule has 0 aromatic heterocycles. The third kappa shape index (κ3) is 8.96. The number of carbonyl (C=O) groups is 1. The molecular formula is C57H80N2O20. The molecule has 0 aromatic rings. The minimum absolute atomic E-state index is 0.00324. The van der Waals surface area contributed by atoms with Crippen LogP contribution in [0.4, 0.5) is 0 Å². The van der Waals surface area contributed by atoms with E-state index in [1.807, 2.05) is 0 Å². The average molecular weight is 1110 g/mol. The van der Waals surface area contributed by atoms with Crippen LogP contribution in [0, 0.1) is 0 Å². The average Bonchev–Trinajstić information content (AvgIpc) is 3.72. The van der Waals surface area contributed by atoms with E-state index in [1.165, 1.54) is 0 Å². The number of fused-ring (bicyclic) bond motifs is 11. The van der Waals surface area contributed by atoms with Crippen LogP contribution in [0.5, 0.6) is 0 Å². The molecule has 0 amide bonds. The minimum atomic E-state index is -1.55. The monoisotopic (exact) mass is 1110 g/mol. The Bertz CT molecular complexity index is 2410. The molecular weight excluding hydrogens is 1030 g/mol. The van der Waals surface area contributed by atoms with Gasteiger partial charge in [-0.05, 0) is 62.5 Å². The van der Waals surface area contributed by atoms with Crippen LogP contribution in [0.1, 0.15) is 128 Å². The molecule has 3 spiro atoms. The molecule has 0 radical (unpaired) electrons. The second kappa shape index (κ2) is 19.3. The third-order valence-electron chi connectivity index (χ3n) is 21.4. The van der Waals surface area contributed by atoms with Gasteiger partial charge in [-0.3, -0.25) is 4.79 Å². The molecule has 438 valence electrons. The van der Waals surface area contributed by atoms with E-state index in [-0.39, 0.29) is 111 Å². The molecule has 17 fully saturated rings. The Morgan fingerprint density at radius 2 is 1.20 bits per heavy atom. The first-order chi connectivity index (χ1) is 38.1. The van der Waals surface area contributed by atoms with Crippen LogP contribution in [-0.2, 0) is 80.6 Å². The van der Waals surface area contributed by atoms with Gasteiger partial charge in [-0.2, -0.15) is 0 Å². The molecule has 0 saturated carbocycles. The van der Waals surface area contributed by atoms with Gasteiger partial charge in [0.15, 0.2) is 17.4 Å². The highest BCUT2D eigenvalue weighted by Crippen LogP contribution is 2.59. The zero-order chi connectivity index (χ0) is 53.5. The van der Waals surface area contributed by atoms with Crippen molar-refractivity contribution in [2.24, 2.45) is 11.5 Å². The van der Waals surface area contributed by atoms with Crippen molar-refractivity contribution in [1.29, 1.82) is 0 Å². The SMILES string of the molecule is C=C1C[C@@H]2CC[C@@]34CC5(O)O[C@H]6[C@@H](O3)[C@H]3O[C@H](CC[C@@H]3O[C@H]6C5O4)CC(=O)O[C@@H]3CC4OC5C[C@]6(C[C@@H]7O[C@@]8(CC[C@@H]7O6)C[C@H](N)[C@@H]6O[C@@H]7C[C@@H]([C@@H](O)CO)O[C@@H]7C[C@@H]6O8)O[C@@H]5C[C@@H]4O[C@H]3C[C@H]3O[C@@H](CC[C@@H]1O2)C[C@@H](N)C3=C. The van der Waals surface area contributed by atoms with Gasteiger partial charge in [-0.1, -0.05) is 13.2 Å². The van der Waals surface area contributed by atoms with Gasteiger partial charge in [0.25, 0.3) is 0 Å². The minimum Gasteiger partial charge on any atom is -0.459 e. The molecule has 22 heteroatoms. The van der Waals surface area contributed by atoms with Crippen LogP contribution in [-0.4, -0.2) is 216 Å². The molecule has 4 unspecified atom stereocenters. The van der Waals surface area contributed by atoms with E-state index >= 15 is 0 Å². The van der Waals surface area contributed by atoms with Crippen LogP contribution in [0.15, 0.2) is 24.3 Å². The molecule has 17 heterocycles. The molecule has 22 nitrogen and oxygen atoms in total. The lowest BCUT2D eigenvalue weighted by Crippen LogP contribution is -2.65. The summed E-state index contributed by atoms with van der Waals surface area (Å²) in [6.07, 6.45) is -0.121. The van der Waals surface area contributed by atoms with Crippen molar-refractivity contribution in [3.05, 3.63) is 24.3 Å². The maximum atomic E-state index is 14.4. The lowest BCUT2D eigenvalue weighted by atomic mass is 9.84. The van der Waals surface area contributed by atoms with Crippen molar-refractivity contribution in [2.75, 3.05) is 6.61 Å². The quantitative estimate of drug-likeness (QED) is 0.194. The van der Waals surface area contributed by atoms with E-state index in [1.54, 1.807) is 0 Å². The van der Waals surface area contributed by atoms with Crippen LogP contribution >= 0.6 is 0 Å². The Hall–Kier alpha value is -1.85. The first-order valence-corrected chi connectivity index (χ1v) is 30.1. The fourth-order valence-electron chi connectivity index (χ4n) is 17.7. The molecule has 17 rings (SSSR count). The van der Waals surface area contributed by atoms with E-state index in [0.717, 1.165) is 11.1 Å². The number of ether oxygens (including phenoxy) is 16. The van der Waals surface area contributed by atoms with Crippen LogP contribution in [0.3, 0.4) is 0 Å². The topological polar surface area (TPSA) is 277 Å². The maximum absolute atomic E-state index is 14.4. The van der Waals surface area contributed by atoms with E-state index < -0.39 is 102 Å². The van der Waals surface area contributed by atoms with Crippen molar-refractivity contribution in [3.8, 4) is 0 Å². The zero-order valence-electron chi connectivity index (χ0n) is 44.8. The molecule has 17 saturated heterocycles. The number of hydrogen-bond donors (Lipinski definition) is 5. The summed E-state index contributed by atoms with van der Waals surface area (Å²) >= 11 is 0. The van der Waals surface area contributed by atoms with Gasteiger partial charge in [-0.25, -0.2) is 0 Å². The summed E-state index contributed by atoms with van der Waals surface area (Å²) in [4.78, 5) is 14.4. The summed E-state index contributed by atoms with van der Waals surface area (Å²) in [5.74, 6) is -4.95. The summed E-state index contributed by atoms with van der Waals surface area (Å²) < 4.78 is 108. The molecule has 17 aliphatic heterocycles. The lowest BCUT2D eigenvalue weighted by Gasteiger charge is -2.53. The summed E-state index contributed by atoms with van der Waals surface area (Å²) in [5, 5.41) is 31.8. The van der Waals surface area contributed by atoms with Gasteiger partial charge in [0.2, 0.25) is 5.79 Å². The van der Waals surface area contributed by atoms with Crippen molar-refractivity contribution in [1.82, 2.24) is 0 Å². The second-order valence-corrected chi connectivity index (χ2v) is 26.7. The number of hydrogen-bond acceptors (Lipinski definition) is 22. The molecule has 17 aliphatic rings. The first kappa shape index (κ1) is 52.7. The van der Waals surface area contributed by atoms with Gasteiger partial charge < -0.3 is 103 Å². The van der Waals surface area contributed by atoms with Crippen LogP contribution < -0.4 is 11.5 Å². The van der Waals surface area contributed by atoms with Gasteiger partial charge in [0.1, 0.15) is 42.7 Å². The molecule has 7 N–H and O–H groups in total. The Labute approximate surface area is 459 Å². The predicted octanol–water partition coefficient (Wildman–Crippen LogP) is 1.54. The predicted molar refractivity (Wildman–Crippen MR) is 266 cm³/mol. The molecule has 0 aliphatic carbocycles. The normalized spacial score (nSPS) is 58.6. The highest BCUT2D eigenvalue weighted by Gasteiger charge is 2.75. The smallest absolute Gasteiger partial charge is 0.308 e. The zero-order valence-corrected chi connectivity index (χ0v) is 44.8. The van der Waals surface area contributed by atoms with Gasteiger partial charge in [0.05, 0.1) is 129 Å². The summed E-state index contributed by atoms with van der Waals surface area (Å²) in [6.45, 7) is 8.51. The van der Waals surface area contributed by atoms with Crippen molar-refractivity contribution in [3.63, 3.8) is 0 Å². The summed E-state index contributed by atoms with van der Waals surface area (Å²) in [6, 6.07) is -0.632. The second-order valence-electron chi connectivity index (χ2n) is 26.7. The number of carbonyl (C=O) groups excluding carboxylic acids is 1. The van der Waals surface area contributed by atoms with E-state index in [9.17, 15) is 20.1 Å². The Kier molecular flexibility index (Phi) is 12.9. The summed E-state index contributed by atoms with van der Waals surface area (Å²) in [7, 11) is 0. The Balaban J connectivity index is 0.616. The maximum Gasteiger partial charge on any atom is 0.308 e. The van der Waals surface area contributed by atoms with E-state index in [2.05, 4.69) is 13.2 Å².